The Balaban J connectivity index is 2.27. The summed E-state index contributed by atoms with van der Waals surface area (Å²) in [5.74, 6) is 0.389. The Labute approximate surface area is 107 Å². The number of hydrogen-bond donors (Lipinski definition) is 1. The lowest BCUT2D eigenvalue weighted by Crippen LogP contribution is -2.42. The van der Waals surface area contributed by atoms with Gasteiger partial charge in [-0.3, -0.25) is 4.79 Å². The summed E-state index contributed by atoms with van der Waals surface area (Å²) in [5, 5.41) is 5.39. The smallest absolute Gasteiger partial charge is 0.170 e. The van der Waals surface area contributed by atoms with Gasteiger partial charge in [0.1, 0.15) is 0 Å². The number of thiophene rings is 1. The van der Waals surface area contributed by atoms with E-state index in [-0.39, 0.29) is 5.41 Å². The van der Waals surface area contributed by atoms with Gasteiger partial charge in [-0.05, 0) is 50.7 Å². The van der Waals surface area contributed by atoms with E-state index in [2.05, 4.69) is 19.2 Å². The van der Waals surface area contributed by atoms with Crippen LogP contribution in [0.3, 0.4) is 0 Å². The van der Waals surface area contributed by atoms with Crippen LogP contribution in [-0.4, -0.2) is 18.9 Å². The van der Waals surface area contributed by atoms with Crippen LogP contribution in [0.4, 0.5) is 0 Å². The number of rotatable bonds is 4. The van der Waals surface area contributed by atoms with Crippen molar-refractivity contribution in [2.45, 2.75) is 39.5 Å². The molecule has 0 radical (unpaired) electrons. The molecule has 2 heterocycles. The van der Waals surface area contributed by atoms with E-state index in [0.29, 0.717) is 5.78 Å². The summed E-state index contributed by atoms with van der Waals surface area (Å²) < 4.78 is 0. The number of piperidine rings is 1. The number of hydrogen-bond acceptors (Lipinski definition) is 3. The first-order valence-corrected chi connectivity index (χ1v) is 7.37. The molecule has 1 saturated heterocycles. The molecular weight excluding hydrogens is 230 g/mol. The molecule has 0 aliphatic carbocycles. The van der Waals surface area contributed by atoms with Crippen LogP contribution in [0.15, 0.2) is 11.4 Å². The Hall–Kier alpha value is -0.670. The van der Waals surface area contributed by atoms with E-state index in [0.717, 1.165) is 44.3 Å². The van der Waals surface area contributed by atoms with Gasteiger partial charge in [0.25, 0.3) is 0 Å². The van der Waals surface area contributed by atoms with Crippen molar-refractivity contribution in [1.82, 2.24) is 5.32 Å². The molecule has 0 spiro atoms. The van der Waals surface area contributed by atoms with Gasteiger partial charge in [0, 0.05) is 15.9 Å². The van der Waals surface area contributed by atoms with Crippen LogP contribution in [0.25, 0.3) is 0 Å². The first-order chi connectivity index (χ1) is 8.19. The van der Waals surface area contributed by atoms with Crippen LogP contribution < -0.4 is 5.32 Å². The molecule has 0 bridgehead atoms. The number of carbonyl (C=O) groups excluding carboxylic acids is 1. The monoisotopic (exact) mass is 251 g/mol. The van der Waals surface area contributed by atoms with E-state index >= 15 is 0 Å². The maximum absolute atomic E-state index is 12.8. The zero-order valence-electron chi connectivity index (χ0n) is 10.7. The molecule has 2 nitrogen and oxygen atoms in total. The number of ketones is 1. The topological polar surface area (TPSA) is 29.1 Å². The Kier molecular flexibility index (Phi) is 4.00. The van der Waals surface area contributed by atoms with Crippen LogP contribution in [0.1, 0.15) is 47.8 Å². The summed E-state index contributed by atoms with van der Waals surface area (Å²) >= 11 is 1.68. The van der Waals surface area contributed by atoms with E-state index < -0.39 is 0 Å². The van der Waals surface area contributed by atoms with Crippen molar-refractivity contribution in [1.29, 1.82) is 0 Å². The first kappa shape index (κ1) is 12.8. The maximum atomic E-state index is 12.8. The van der Waals surface area contributed by atoms with Crippen LogP contribution in [0, 0.1) is 12.3 Å². The number of carbonyl (C=O) groups is 1. The first-order valence-electron chi connectivity index (χ1n) is 6.49. The van der Waals surface area contributed by atoms with Gasteiger partial charge in [0.05, 0.1) is 0 Å². The minimum atomic E-state index is -0.0914. The van der Waals surface area contributed by atoms with Crippen LogP contribution in [-0.2, 0) is 0 Å². The van der Waals surface area contributed by atoms with Gasteiger partial charge in [-0.1, -0.05) is 13.3 Å². The lowest BCUT2D eigenvalue weighted by Gasteiger charge is -2.36. The van der Waals surface area contributed by atoms with Gasteiger partial charge in [-0.25, -0.2) is 0 Å². The third kappa shape index (κ3) is 2.45. The zero-order valence-corrected chi connectivity index (χ0v) is 11.5. The molecule has 94 valence electrons. The predicted molar refractivity (Wildman–Crippen MR) is 72.8 cm³/mol. The summed E-state index contributed by atoms with van der Waals surface area (Å²) in [6, 6.07) is 2.00. The molecule has 1 fully saturated rings. The Morgan fingerprint density at radius 2 is 2.18 bits per heavy atom. The molecule has 1 N–H and O–H groups in total. The third-order valence-corrected chi connectivity index (χ3v) is 4.72. The van der Waals surface area contributed by atoms with Crippen molar-refractivity contribution in [3.05, 3.63) is 21.9 Å². The average Bonchev–Trinajstić information content (AvgIpc) is 2.76. The Morgan fingerprint density at radius 3 is 2.71 bits per heavy atom. The lowest BCUT2D eigenvalue weighted by atomic mass is 9.70. The number of aryl methyl sites for hydroxylation is 1. The highest BCUT2D eigenvalue weighted by atomic mass is 32.1. The van der Waals surface area contributed by atoms with Crippen molar-refractivity contribution in [2.75, 3.05) is 13.1 Å². The second-order valence-electron chi connectivity index (χ2n) is 5.00. The number of Topliss-reactive ketones (excluding diaryl/α,β-unsaturated/α-hetero) is 1. The zero-order chi connectivity index (χ0) is 12.3. The van der Waals surface area contributed by atoms with E-state index in [1.165, 1.54) is 4.88 Å². The van der Waals surface area contributed by atoms with Gasteiger partial charge < -0.3 is 5.32 Å². The normalized spacial score (nSPS) is 19.2. The van der Waals surface area contributed by atoms with Gasteiger partial charge in [-0.15, -0.1) is 11.3 Å². The highest BCUT2D eigenvalue weighted by molar-refractivity contribution is 7.10. The molecule has 2 rings (SSSR count). The van der Waals surface area contributed by atoms with Crippen molar-refractivity contribution in [2.24, 2.45) is 5.41 Å². The standard InChI is InChI=1S/C14H21NOS/c1-3-5-14(6-8-15-9-7-14)13(16)12-4-10-17-11(12)2/h4,10,15H,3,5-9H2,1-2H3. The fourth-order valence-corrected chi connectivity index (χ4v) is 3.58. The van der Waals surface area contributed by atoms with Crippen LogP contribution in [0.5, 0.6) is 0 Å². The SMILES string of the molecule is CCCC1(C(=O)c2ccsc2C)CCNCC1. The second-order valence-corrected chi connectivity index (χ2v) is 6.12. The molecule has 0 aromatic carbocycles. The van der Waals surface area contributed by atoms with Crippen molar-refractivity contribution in [3.63, 3.8) is 0 Å². The summed E-state index contributed by atoms with van der Waals surface area (Å²) in [4.78, 5) is 13.9. The van der Waals surface area contributed by atoms with Gasteiger partial charge >= 0.3 is 0 Å². The van der Waals surface area contributed by atoms with Crippen molar-refractivity contribution >= 4 is 17.1 Å². The molecule has 3 heteroatoms. The quantitative estimate of drug-likeness (QED) is 0.831. The fraction of sp³-hybridized carbons (Fsp3) is 0.643. The fourth-order valence-electron chi connectivity index (χ4n) is 2.88. The van der Waals surface area contributed by atoms with Crippen molar-refractivity contribution in [3.8, 4) is 0 Å². The molecule has 0 amide bonds. The lowest BCUT2D eigenvalue weighted by molar-refractivity contribution is 0.0704. The summed E-state index contributed by atoms with van der Waals surface area (Å²) in [5.41, 5.74) is 0.872. The van der Waals surface area contributed by atoms with E-state index in [9.17, 15) is 4.79 Å². The summed E-state index contributed by atoms with van der Waals surface area (Å²) in [6.45, 7) is 6.19. The second kappa shape index (κ2) is 5.32. The molecule has 1 aliphatic rings. The van der Waals surface area contributed by atoms with Gasteiger partial charge in [-0.2, -0.15) is 0 Å². The molecule has 17 heavy (non-hydrogen) atoms. The average molecular weight is 251 g/mol. The predicted octanol–water partition coefficient (Wildman–Crippen LogP) is 3.41. The highest BCUT2D eigenvalue weighted by Crippen LogP contribution is 2.38. The summed E-state index contributed by atoms with van der Waals surface area (Å²) in [6.07, 6.45) is 4.11. The Morgan fingerprint density at radius 1 is 1.47 bits per heavy atom. The largest absolute Gasteiger partial charge is 0.317 e. The molecule has 1 aliphatic heterocycles. The molecule has 0 atom stereocenters. The van der Waals surface area contributed by atoms with Crippen LogP contribution >= 0.6 is 11.3 Å². The Bertz CT molecular complexity index is 385. The van der Waals surface area contributed by atoms with Gasteiger partial charge in [0.2, 0.25) is 0 Å². The van der Waals surface area contributed by atoms with Crippen molar-refractivity contribution < 1.29 is 4.79 Å². The molecule has 1 aromatic rings. The molecule has 1 aromatic heterocycles. The third-order valence-electron chi connectivity index (χ3n) is 3.87. The minimum absolute atomic E-state index is 0.0914. The van der Waals surface area contributed by atoms with E-state index in [1.54, 1.807) is 11.3 Å². The van der Waals surface area contributed by atoms with Gasteiger partial charge in [0.15, 0.2) is 5.78 Å². The molecule has 0 unspecified atom stereocenters. The molecular formula is C14H21NOS. The summed E-state index contributed by atoms with van der Waals surface area (Å²) in [7, 11) is 0. The van der Waals surface area contributed by atoms with E-state index in [1.807, 2.05) is 11.4 Å². The highest BCUT2D eigenvalue weighted by Gasteiger charge is 2.39. The minimum Gasteiger partial charge on any atom is -0.317 e. The number of nitrogens with one attached hydrogen (secondary N) is 1. The molecule has 0 saturated carbocycles. The maximum Gasteiger partial charge on any atom is 0.170 e. The van der Waals surface area contributed by atoms with Crippen LogP contribution in [0.2, 0.25) is 0 Å². The van der Waals surface area contributed by atoms with E-state index in [4.69, 9.17) is 0 Å².